The molecule has 6 fully saturated rings. The molecule has 6 unspecified atom stereocenters. The summed E-state index contributed by atoms with van der Waals surface area (Å²) in [4.78, 5) is 11.8. The van der Waals surface area contributed by atoms with Crippen molar-refractivity contribution in [3.8, 4) is 0 Å². The normalized spacial score (nSPS) is 69.6. The Morgan fingerprint density at radius 2 is 1.38 bits per heavy atom. The Morgan fingerprint density at radius 3 is 1.88 bits per heavy atom. The molecule has 3 nitrogen and oxygen atoms in total. The Balaban J connectivity index is 0.000000722. The van der Waals surface area contributed by atoms with Crippen LogP contribution in [0.1, 0.15) is 0 Å². The minimum Gasteiger partial charge on any atom is -0.469 e. The molecule has 8 atom stereocenters. The molecule has 0 radical (unpaired) electrons. The molecule has 6 aliphatic carbocycles. The molecule has 0 heterocycles. The summed E-state index contributed by atoms with van der Waals surface area (Å²) in [7, 11) is 1.50. The van der Waals surface area contributed by atoms with Crippen LogP contribution in [0.2, 0.25) is 0 Å². The van der Waals surface area contributed by atoms with Gasteiger partial charge in [0.15, 0.2) is 0 Å². The highest BCUT2D eigenvalue weighted by molar-refractivity contribution is 5.85. The molecule has 0 spiro atoms. The van der Waals surface area contributed by atoms with Gasteiger partial charge in [0.2, 0.25) is 0 Å². The van der Waals surface area contributed by atoms with Crippen molar-refractivity contribution in [2.75, 3.05) is 7.11 Å². The summed E-state index contributed by atoms with van der Waals surface area (Å²) in [5.41, 5.74) is 6.29. The second-order valence-corrected chi connectivity index (χ2v) is 6.25. The van der Waals surface area contributed by atoms with Crippen LogP contribution in [0.15, 0.2) is 0 Å². The number of fused-ring (bicyclic) bond motifs is 1. The van der Waals surface area contributed by atoms with Gasteiger partial charge in [-0.15, -0.1) is 12.4 Å². The number of hydrogen-bond acceptors (Lipinski definition) is 3. The van der Waals surface area contributed by atoms with Gasteiger partial charge >= 0.3 is 5.97 Å². The number of carbonyl (C=O) groups excluding carboxylic acids is 1. The van der Waals surface area contributed by atoms with Crippen molar-refractivity contribution in [2.45, 2.75) is 6.04 Å². The van der Waals surface area contributed by atoms with Crippen molar-refractivity contribution < 1.29 is 9.53 Å². The lowest BCUT2D eigenvalue weighted by atomic mass is 9.62. The maximum atomic E-state index is 11.8. The van der Waals surface area contributed by atoms with Crippen molar-refractivity contribution in [1.82, 2.24) is 0 Å². The van der Waals surface area contributed by atoms with E-state index in [9.17, 15) is 4.79 Å². The molecule has 16 heavy (non-hydrogen) atoms. The highest BCUT2D eigenvalue weighted by atomic mass is 35.5. The third-order valence-electron chi connectivity index (χ3n) is 6.35. The first kappa shape index (κ1) is 9.72. The number of esters is 1. The zero-order valence-electron chi connectivity index (χ0n) is 9.08. The highest BCUT2D eigenvalue weighted by Crippen LogP contribution is 2.92. The molecule has 6 saturated carbocycles. The lowest BCUT2D eigenvalue weighted by molar-refractivity contribution is -0.153. The van der Waals surface area contributed by atoms with Gasteiger partial charge in [-0.1, -0.05) is 0 Å². The molecule has 0 saturated heterocycles. The van der Waals surface area contributed by atoms with E-state index in [1.54, 1.807) is 0 Å². The molecule has 0 aromatic rings. The van der Waals surface area contributed by atoms with Gasteiger partial charge in [0, 0.05) is 6.04 Å². The topological polar surface area (TPSA) is 52.3 Å². The molecular formula is C12H16ClNO2. The lowest BCUT2D eigenvalue weighted by Gasteiger charge is -2.44. The Kier molecular flexibility index (Phi) is 1.48. The fraction of sp³-hybridized carbons (Fsp3) is 0.917. The molecule has 2 N–H and O–H groups in total. The smallest absolute Gasteiger partial charge is 0.310 e. The summed E-state index contributed by atoms with van der Waals surface area (Å²) in [6, 6.07) is 0.113. The van der Waals surface area contributed by atoms with E-state index < -0.39 is 0 Å². The maximum Gasteiger partial charge on any atom is 0.310 e. The Bertz CT molecular complexity index is 378. The molecule has 0 amide bonds. The number of methoxy groups -OCH3 is 1. The van der Waals surface area contributed by atoms with Crippen LogP contribution in [0.4, 0.5) is 0 Å². The van der Waals surface area contributed by atoms with Crippen molar-refractivity contribution in [3.05, 3.63) is 0 Å². The summed E-state index contributed by atoms with van der Waals surface area (Å²) >= 11 is 0. The average Bonchev–Trinajstić information content (AvgIpc) is 3.07. The molecule has 88 valence electrons. The SMILES string of the molecule is COC(=O)[C@@H]1C2C3C4C5C2C5C(C43)[C@@H]1N.Cl. The third-order valence-corrected chi connectivity index (χ3v) is 6.35. The summed E-state index contributed by atoms with van der Waals surface area (Å²) in [5, 5.41) is 0. The van der Waals surface area contributed by atoms with Crippen molar-refractivity contribution >= 4 is 18.4 Å². The van der Waals surface area contributed by atoms with Crippen LogP contribution in [0.25, 0.3) is 0 Å². The van der Waals surface area contributed by atoms with E-state index in [0.717, 1.165) is 35.5 Å². The first-order chi connectivity index (χ1) is 7.27. The zero-order valence-corrected chi connectivity index (χ0v) is 9.89. The van der Waals surface area contributed by atoms with Gasteiger partial charge in [-0.3, -0.25) is 4.79 Å². The molecule has 4 heteroatoms. The number of halogens is 1. The molecule has 2 bridgehead atoms. The predicted octanol–water partition coefficient (Wildman–Crippen LogP) is 0.522. The van der Waals surface area contributed by atoms with Crippen molar-refractivity contribution in [1.29, 1.82) is 0 Å². The first-order valence-corrected chi connectivity index (χ1v) is 6.11. The fourth-order valence-electron chi connectivity index (χ4n) is 6.30. The van der Waals surface area contributed by atoms with Crippen LogP contribution in [0.5, 0.6) is 0 Å². The van der Waals surface area contributed by atoms with Gasteiger partial charge < -0.3 is 10.5 Å². The molecule has 6 rings (SSSR count). The third kappa shape index (κ3) is 0.666. The minimum atomic E-state index is -0.0346. The standard InChI is InChI=1S/C12H15NO2.ClH/c1-15-12(14)10-8-4-2-3-5(8)7(3)9(6(2)4)11(10)13;/h2-11H,13H2,1H3;1H/t2?,3?,4?,5?,6?,7?,8?,9?,10-,11+;/m1./s1. The van der Waals surface area contributed by atoms with Crippen LogP contribution < -0.4 is 5.73 Å². The summed E-state index contributed by atoms with van der Waals surface area (Å²) in [5.74, 6) is 6.86. The van der Waals surface area contributed by atoms with Gasteiger partial charge in [0.05, 0.1) is 13.0 Å². The summed E-state index contributed by atoms with van der Waals surface area (Å²) in [6.45, 7) is 0. The Morgan fingerprint density at radius 1 is 0.938 bits per heavy atom. The monoisotopic (exact) mass is 241 g/mol. The number of carbonyl (C=O) groups is 1. The molecular weight excluding hydrogens is 226 g/mol. The Hall–Kier alpha value is -0.280. The van der Waals surface area contributed by atoms with Gasteiger partial charge in [0.1, 0.15) is 0 Å². The van der Waals surface area contributed by atoms with Crippen LogP contribution in [-0.4, -0.2) is 19.1 Å². The van der Waals surface area contributed by atoms with E-state index in [-0.39, 0.29) is 30.3 Å². The van der Waals surface area contributed by atoms with Crippen LogP contribution in [-0.2, 0) is 9.53 Å². The van der Waals surface area contributed by atoms with Gasteiger partial charge in [-0.05, 0) is 47.3 Å². The van der Waals surface area contributed by atoms with Gasteiger partial charge in [0.25, 0.3) is 0 Å². The molecule has 0 aliphatic heterocycles. The van der Waals surface area contributed by atoms with E-state index in [2.05, 4.69) is 0 Å². The average molecular weight is 242 g/mol. The lowest BCUT2D eigenvalue weighted by Crippen LogP contribution is -2.55. The second-order valence-electron chi connectivity index (χ2n) is 6.25. The quantitative estimate of drug-likeness (QED) is 0.681. The highest BCUT2D eigenvalue weighted by Gasteiger charge is 2.91. The van der Waals surface area contributed by atoms with Crippen molar-refractivity contribution in [3.63, 3.8) is 0 Å². The second kappa shape index (κ2) is 2.44. The van der Waals surface area contributed by atoms with Crippen LogP contribution >= 0.6 is 12.4 Å². The fourth-order valence-corrected chi connectivity index (χ4v) is 6.30. The summed E-state index contributed by atoms with van der Waals surface area (Å²) in [6.07, 6.45) is 0. The maximum absolute atomic E-state index is 11.8. The first-order valence-electron chi connectivity index (χ1n) is 6.11. The number of nitrogens with two attached hydrogens (primary N) is 1. The predicted molar refractivity (Wildman–Crippen MR) is 58.6 cm³/mol. The molecule has 0 aromatic carbocycles. The molecule has 6 aliphatic rings. The van der Waals surface area contributed by atoms with E-state index in [0.29, 0.717) is 11.8 Å². The summed E-state index contributed by atoms with van der Waals surface area (Å²) < 4.78 is 4.94. The van der Waals surface area contributed by atoms with Crippen LogP contribution in [0.3, 0.4) is 0 Å². The minimum absolute atomic E-state index is 0. The van der Waals surface area contributed by atoms with Crippen LogP contribution in [0, 0.1) is 53.3 Å². The van der Waals surface area contributed by atoms with Gasteiger partial charge in [-0.25, -0.2) is 0 Å². The number of ether oxygens (including phenoxy) is 1. The van der Waals surface area contributed by atoms with E-state index in [1.165, 1.54) is 7.11 Å². The number of hydrogen-bond donors (Lipinski definition) is 1. The van der Waals surface area contributed by atoms with E-state index in [1.807, 2.05) is 0 Å². The van der Waals surface area contributed by atoms with Gasteiger partial charge in [-0.2, -0.15) is 0 Å². The largest absolute Gasteiger partial charge is 0.469 e. The number of rotatable bonds is 1. The molecule has 0 aromatic heterocycles. The van der Waals surface area contributed by atoms with E-state index >= 15 is 0 Å². The van der Waals surface area contributed by atoms with Crippen molar-refractivity contribution in [2.24, 2.45) is 59.0 Å². The Labute approximate surface area is 100 Å². The zero-order chi connectivity index (χ0) is 10.1. The van der Waals surface area contributed by atoms with E-state index in [4.69, 9.17) is 10.5 Å².